The van der Waals surface area contributed by atoms with Crippen LogP contribution in [0.5, 0.6) is 0 Å². The Kier molecular flexibility index (Phi) is 6.68. The number of fused-ring (bicyclic) bond motifs is 1. The molecule has 0 spiro atoms. The molecule has 2 aromatic heterocycles. The van der Waals surface area contributed by atoms with Crippen LogP contribution in [0.4, 0.5) is 5.95 Å². The Morgan fingerprint density at radius 3 is 2.55 bits per heavy atom. The van der Waals surface area contributed by atoms with Crippen LogP contribution in [0.3, 0.4) is 0 Å². The van der Waals surface area contributed by atoms with Gasteiger partial charge in [0.1, 0.15) is 5.52 Å². The molecule has 1 fully saturated rings. The van der Waals surface area contributed by atoms with E-state index in [1.54, 1.807) is 4.90 Å². The molecule has 42 heavy (non-hydrogen) atoms. The number of imidazole rings is 1. The van der Waals surface area contributed by atoms with Crippen LogP contribution in [0.25, 0.3) is 16.7 Å². The molecule has 0 aliphatic carbocycles. The van der Waals surface area contributed by atoms with Crippen LogP contribution in [-0.2, 0) is 17.6 Å². The number of rotatable bonds is 5. The van der Waals surface area contributed by atoms with Crippen molar-refractivity contribution in [2.45, 2.75) is 45.1 Å². The summed E-state index contributed by atoms with van der Waals surface area (Å²) in [5, 5.41) is 5.09. The molecule has 5 heterocycles. The first-order valence-corrected chi connectivity index (χ1v) is 15.5. The van der Waals surface area contributed by atoms with E-state index >= 15 is 0 Å². The molecule has 3 aliphatic heterocycles. The van der Waals surface area contributed by atoms with Crippen molar-refractivity contribution in [2.24, 2.45) is 0 Å². The molecule has 3 aliphatic rings. The summed E-state index contributed by atoms with van der Waals surface area (Å²) in [5.41, 5.74) is 7.51. The molecule has 2 amide bonds. The third-order valence-electron chi connectivity index (χ3n) is 8.93. The minimum Gasteiger partial charge on any atom is -0.342 e. The fourth-order valence-electron chi connectivity index (χ4n) is 6.44. The lowest BCUT2D eigenvalue weighted by Crippen LogP contribution is -2.46. The molecule has 1 atom stereocenters. The third-order valence-corrected chi connectivity index (χ3v) is 9.57. The van der Waals surface area contributed by atoms with Crippen LogP contribution in [0.15, 0.2) is 53.5 Å². The van der Waals surface area contributed by atoms with Crippen LogP contribution in [0.1, 0.15) is 65.1 Å². The number of halogens is 1. The number of anilines is 1. The molecular weight excluding hydrogens is 594 g/mol. The first-order chi connectivity index (χ1) is 20.3. The van der Waals surface area contributed by atoms with Crippen molar-refractivity contribution in [2.75, 3.05) is 37.6 Å². The monoisotopic (exact) mass is 627 g/mol. The number of amides is 2. The van der Waals surface area contributed by atoms with Gasteiger partial charge in [0.25, 0.3) is 5.91 Å². The van der Waals surface area contributed by atoms with E-state index in [1.165, 1.54) is 11.6 Å². The maximum atomic E-state index is 14.4. The highest BCUT2D eigenvalue weighted by Gasteiger charge is 2.40. The van der Waals surface area contributed by atoms with Crippen LogP contribution in [0.2, 0.25) is 0 Å². The zero-order valence-electron chi connectivity index (χ0n) is 23.9. The molecule has 0 bridgehead atoms. The van der Waals surface area contributed by atoms with Crippen molar-refractivity contribution in [3.63, 3.8) is 0 Å². The standard InChI is InChI=1S/C32H34BrN7O2/c1-4-27(41)38-16-12-24-28-25(40(36-24)21-8-6-20(7-9-21)19(2)3)13-17-39(26(28)18-38)31(42)22-10-11-23(33)30-29(22)34-32(35-30)37-14-5-15-37/h4,6-11,19,26H,1,5,12-18H2,2-3H3,(H,34,35). The van der Waals surface area contributed by atoms with Gasteiger partial charge in [0.15, 0.2) is 0 Å². The molecule has 7 rings (SSSR count). The summed E-state index contributed by atoms with van der Waals surface area (Å²) in [6.07, 6.45) is 3.79. The summed E-state index contributed by atoms with van der Waals surface area (Å²) in [7, 11) is 0. The zero-order chi connectivity index (χ0) is 29.1. The Labute approximate surface area is 253 Å². The topological polar surface area (TPSA) is 90.4 Å². The SMILES string of the molecule is C=CC(=O)N1CCc2nn(-c3ccc(C(C)C)cc3)c3c2C(C1)N(C(=O)c1ccc(Br)c2nc(N4CCC4)[nH]c12)CC3. The summed E-state index contributed by atoms with van der Waals surface area (Å²) in [4.78, 5) is 41.4. The highest BCUT2D eigenvalue weighted by Crippen LogP contribution is 2.39. The predicted molar refractivity (Wildman–Crippen MR) is 166 cm³/mol. The van der Waals surface area contributed by atoms with E-state index in [-0.39, 0.29) is 17.9 Å². The normalized spacial score (nSPS) is 18.2. The van der Waals surface area contributed by atoms with Gasteiger partial charge in [-0.1, -0.05) is 32.6 Å². The van der Waals surface area contributed by atoms with Crippen LogP contribution < -0.4 is 4.90 Å². The fourth-order valence-corrected chi connectivity index (χ4v) is 6.86. The Morgan fingerprint density at radius 2 is 1.86 bits per heavy atom. The lowest BCUT2D eigenvalue weighted by molar-refractivity contribution is -0.126. The van der Waals surface area contributed by atoms with E-state index in [1.807, 2.05) is 17.0 Å². The third kappa shape index (κ3) is 4.35. The summed E-state index contributed by atoms with van der Waals surface area (Å²) >= 11 is 3.63. The minimum atomic E-state index is -0.317. The fraction of sp³-hybridized carbons (Fsp3) is 0.375. The van der Waals surface area contributed by atoms with Crippen LogP contribution in [0, 0.1) is 0 Å². The Balaban J connectivity index is 1.30. The summed E-state index contributed by atoms with van der Waals surface area (Å²) in [5.74, 6) is 1.04. The number of carbonyl (C=O) groups is 2. The number of benzene rings is 2. The maximum absolute atomic E-state index is 14.4. The molecule has 0 saturated carbocycles. The number of aromatic nitrogens is 4. The van der Waals surface area contributed by atoms with E-state index in [0.29, 0.717) is 44.0 Å². The lowest BCUT2D eigenvalue weighted by atomic mass is 9.94. The Bertz CT molecular complexity index is 1720. The number of hydrogen-bond donors (Lipinski definition) is 1. The van der Waals surface area contributed by atoms with Crippen molar-refractivity contribution >= 4 is 44.7 Å². The molecule has 9 nitrogen and oxygen atoms in total. The predicted octanol–water partition coefficient (Wildman–Crippen LogP) is 5.15. The van der Waals surface area contributed by atoms with E-state index < -0.39 is 0 Å². The Hall–Kier alpha value is -3.92. The van der Waals surface area contributed by atoms with Gasteiger partial charge in [0, 0.05) is 55.6 Å². The highest BCUT2D eigenvalue weighted by molar-refractivity contribution is 9.10. The number of hydrogen-bond acceptors (Lipinski definition) is 5. The largest absolute Gasteiger partial charge is 0.342 e. The van der Waals surface area contributed by atoms with Gasteiger partial charge in [-0.05, 0) is 64.2 Å². The average molecular weight is 629 g/mol. The second kappa shape index (κ2) is 10.4. The first kappa shape index (κ1) is 26.9. The number of aromatic amines is 1. The van der Waals surface area contributed by atoms with Gasteiger partial charge < -0.3 is 19.7 Å². The molecule has 1 unspecified atom stereocenters. The number of H-pyrrole nitrogens is 1. The molecular formula is C32H34BrN7O2. The average Bonchev–Trinajstić information content (AvgIpc) is 3.51. The molecule has 4 aromatic rings. The summed E-state index contributed by atoms with van der Waals surface area (Å²) in [6.45, 7) is 11.5. The van der Waals surface area contributed by atoms with Crippen molar-refractivity contribution in [3.8, 4) is 5.69 Å². The molecule has 10 heteroatoms. The van der Waals surface area contributed by atoms with Crippen molar-refractivity contribution in [1.82, 2.24) is 29.5 Å². The molecule has 1 saturated heterocycles. The molecule has 216 valence electrons. The van der Waals surface area contributed by atoms with Gasteiger partial charge in [-0.25, -0.2) is 9.67 Å². The number of nitrogens with zero attached hydrogens (tertiary/aromatic N) is 6. The van der Waals surface area contributed by atoms with E-state index in [4.69, 9.17) is 10.1 Å². The van der Waals surface area contributed by atoms with Gasteiger partial charge >= 0.3 is 0 Å². The zero-order valence-corrected chi connectivity index (χ0v) is 25.5. The molecule has 2 aromatic carbocycles. The highest BCUT2D eigenvalue weighted by atomic mass is 79.9. The van der Waals surface area contributed by atoms with E-state index in [2.05, 4.69) is 75.2 Å². The van der Waals surface area contributed by atoms with Crippen molar-refractivity contribution < 1.29 is 9.59 Å². The lowest BCUT2D eigenvalue weighted by Gasteiger charge is -2.38. The van der Waals surface area contributed by atoms with Gasteiger partial charge in [-0.15, -0.1) is 0 Å². The summed E-state index contributed by atoms with van der Waals surface area (Å²) in [6, 6.07) is 12.0. The van der Waals surface area contributed by atoms with Gasteiger partial charge in [-0.3, -0.25) is 9.59 Å². The van der Waals surface area contributed by atoms with Gasteiger partial charge in [0.2, 0.25) is 11.9 Å². The second-order valence-electron chi connectivity index (χ2n) is 11.7. The maximum Gasteiger partial charge on any atom is 0.256 e. The van der Waals surface area contributed by atoms with E-state index in [9.17, 15) is 9.59 Å². The minimum absolute atomic E-state index is 0.0742. The van der Waals surface area contributed by atoms with Crippen molar-refractivity contribution in [1.29, 1.82) is 0 Å². The molecule has 0 radical (unpaired) electrons. The van der Waals surface area contributed by atoms with Crippen LogP contribution in [-0.4, -0.2) is 74.1 Å². The van der Waals surface area contributed by atoms with Gasteiger partial charge in [0.05, 0.1) is 34.2 Å². The van der Waals surface area contributed by atoms with E-state index in [0.717, 1.165) is 63.6 Å². The summed E-state index contributed by atoms with van der Waals surface area (Å²) < 4.78 is 2.91. The number of carbonyl (C=O) groups excluding carboxylic acids is 2. The first-order valence-electron chi connectivity index (χ1n) is 14.7. The second-order valence-corrected chi connectivity index (χ2v) is 12.5. The molecule has 1 N–H and O–H groups in total. The quantitative estimate of drug-likeness (QED) is 0.309. The van der Waals surface area contributed by atoms with Crippen molar-refractivity contribution in [3.05, 3.63) is 81.6 Å². The Morgan fingerprint density at radius 1 is 1.07 bits per heavy atom. The van der Waals surface area contributed by atoms with Crippen LogP contribution >= 0.6 is 15.9 Å². The smallest absolute Gasteiger partial charge is 0.256 e. The number of nitrogens with one attached hydrogen (secondary N) is 1. The van der Waals surface area contributed by atoms with Gasteiger partial charge in [-0.2, -0.15) is 5.10 Å².